The number of hydrogen-bond donors (Lipinski definition) is 2. The van der Waals surface area contributed by atoms with Crippen LogP contribution in [0.4, 0.5) is 10.8 Å². The van der Waals surface area contributed by atoms with Crippen molar-refractivity contribution >= 4 is 34.0 Å². The number of fused-ring (bicyclic) bond motifs is 1. The first kappa shape index (κ1) is 15.5. The molecule has 3 rings (SSSR count). The summed E-state index contributed by atoms with van der Waals surface area (Å²) >= 11 is 1.44. The zero-order chi connectivity index (χ0) is 16.4. The Balaban J connectivity index is 1.87. The van der Waals surface area contributed by atoms with Crippen LogP contribution in [0.15, 0.2) is 18.2 Å². The Morgan fingerprint density at radius 2 is 2.30 bits per heavy atom. The molecule has 7 heteroatoms. The minimum Gasteiger partial charge on any atom is -0.482 e. The average molecular weight is 331 g/mol. The zero-order valence-electron chi connectivity index (χ0n) is 12.9. The summed E-state index contributed by atoms with van der Waals surface area (Å²) < 4.78 is 5.35. The standard InChI is InChI=1S/C16H17N3O3S/c1-3-4-13(20)18-16-19-15(9(2)23-16)10-5-6-12-11(7-10)17-14(21)8-22-12/h5-7H,3-4,8H2,1-2H3,(H,17,21)(H,18,19,20). The lowest BCUT2D eigenvalue weighted by atomic mass is 10.1. The van der Waals surface area contributed by atoms with Crippen molar-refractivity contribution in [2.45, 2.75) is 26.7 Å². The number of carbonyl (C=O) groups excluding carboxylic acids is 2. The van der Waals surface area contributed by atoms with Crippen LogP contribution in [-0.4, -0.2) is 23.4 Å². The van der Waals surface area contributed by atoms with Gasteiger partial charge in [-0.2, -0.15) is 0 Å². The van der Waals surface area contributed by atoms with E-state index in [0.29, 0.717) is 23.0 Å². The molecule has 120 valence electrons. The van der Waals surface area contributed by atoms with Gasteiger partial charge in [-0.15, -0.1) is 11.3 Å². The Morgan fingerprint density at radius 3 is 3.09 bits per heavy atom. The Bertz CT molecular complexity index is 770. The molecule has 0 unspecified atom stereocenters. The van der Waals surface area contributed by atoms with E-state index in [4.69, 9.17) is 4.74 Å². The fourth-order valence-corrected chi connectivity index (χ4v) is 3.21. The quantitative estimate of drug-likeness (QED) is 0.901. The summed E-state index contributed by atoms with van der Waals surface area (Å²) in [6.45, 7) is 3.95. The van der Waals surface area contributed by atoms with Crippen LogP contribution in [0.1, 0.15) is 24.6 Å². The Kier molecular flexibility index (Phi) is 4.29. The molecule has 1 aromatic carbocycles. The molecule has 0 saturated carbocycles. The minimum absolute atomic E-state index is 0.0288. The van der Waals surface area contributed by atoms with E-state index in [-0.39, 0.29) is 18.4 Å². The largest absolute Gasteiger partial charge is 0.482 e. The molecular weight excluding hydrogens is 314 g/mol. The molecule has 0 atom stereocenters. The molecule has 0 radical (unpaired) electrons. The van der Waals surface area contributed by atoms with Gasteiger partial charge in [-0.3, -0.25) is 9.59 Å². The first-order chi connectivity index (χ1) is 11.1. The number of benzene rings is 1. The number of nitrogens with zero attached hydrogens (tertiary/aromatic N) is 1. The van der Waals surface area contributed by atoms with Gasteiger partial charge in [0.2, 0.25) is 5.91 Å². The third kappa shape index (κ3) is 3.34. The smallest absolute Gasteiger partial charge is 0.262 e. The van der Waals surface area contributed by atoms with Crippen LogP contribution >= 0.6 is 11.3 Å². The van der Waals surface area contributed by atoms with Crippen LogP contribution in [0.3, 0.4) is 0 Å². The van der Waals surface area contributed by atoms with E-state index in [2.05, 4.69) is 15.6 Å². The van der Waals surface area contributed by atoms with Gasteiger partial charge in [0.15, 0.2) is 11.7 Å². The van der Waals surface area contributed by atoms with Crippen molar-refractivity contribution < 1.29 is 14.3 Å². The molecule has 2 N–H and O–H groups in total. The fraction of sp³-hybridized carbons (Fsp3) is 0.312. The van der Waals surface area contributed by atoms with Gasteiger partial charge in [0.05, 0.1) is 11.4 Å². The number of anilines is 2. The first-order valence-corrected chi connectivity index (χ1v) is 8.23. The van der Waals surface area contributed by atoms with Gasteiger partial charge in [0.1, 0.15) is 5.75 Å². The van der Waals surface area contributed by atoms with Gasteiger partial charge in [0, 0.05) is 16.9 Å². The second-order valence-corrected chi connectivity index (χ2v) is 6.47. The zero-order valence-corrected chi connectivity index (χ0v) is 13.8. The normalized spacial score (nSPS) is 13.0. The van der Waals surface area contributed by atoms with Crippen LogP contribution in [0, 0.1) is 6.92 Å². The topological polar surface area (TPSA) is 80.3 Å². The van der Waals surface area contributed by atoms with Crippen LogP contribution in [-0.2, 0) is 9.59 Å². The molecule has 2 aromatic rings. The van der Waals surface area contributed by atoms with Crippen molar-refractivity contribution in [1.29, 1.82) is 0 Å². The summed E-state index contributed by atoms with van der Waals surface area (Å²) in [5, 5.41) is 6.20. The molecule has 0 bridgehead atoms. The van der Waals surface area contributed by atoms with Crippen molar-refractivity contribution in [3.05, 3.63) is 23.1 Å². The summed E-state index contributed by atoms with van der Waals surface area (Å²) in [5.41, 5.74) is 2.31. The summed E-state index contributed by atoms with van der Waals surface area (Å²) in [7, 11) is 0. The van der Waals surface area contributed by atoms with Gasteiger partial charge in [-0.25, -0.2) is 4.98 Å². The van der Waals surface area contributed by atoms with Gasteiger partial charge in [-0.05, 0) is 31.5 Å². The number of rotatable bonds is 4. The fourth-order valence-electron chi connectivity index (χ4n) is 2.36. The molecule has 0 aliphatic carbocycles. The van der Waals surface area contributed by atoms with Crippen molar-refractivity contribution in [3.8, 4) is 17.0 Å². The molecule has 1 aliphatic rings. The number of nitrogens with one attached hydrogen (secondary N) is 2. The van der Waals surface area contributed by atoms with E-state index < -0.39 is 0 Å². The number of hydrogen-bond acceptors (Lipinski definition) is 5. The van der Waals surface area contributed by atoms with Gasteiger partial charge < -0.3 is 15.4 Å². The van der Waals surface area contributed by atoms with E-state index in [0.717, 1.165) is 22.6 Å². The maximum Gasteiger partial charge on any atom is 0.262 e. The van der Waals surface area contributed by atoms with Crippen molar-refractivity contribution in [1.82, 2.24) is 4.98 Å². The highest BCUT2D eigenvalue weighted by atomic mass is 32.1. The van der Waals surface area contributed by atoms with Crippen molar-refractivity contribution in [2.75, 3.05) is 17.2 Å². The summed E-state index contributed by atoms with van der Waals surface area (Å²) in [4.78, 5) is 28.6. The average Bonchev–Trinajstić information content (AvgIpc) is 2.87. The lowest BCUT2D eigenvalue weighted by molar-refractivity contribution is -0.118. The first-order valence-electron chi connectivity index (χ1n) is 7.41. The number of carbonyl (C=O) groups is 2. The summed E-state index contributed by atoms with van der Waals surface area (Å²) in [6.07, 6.45) is 1.28. The molecule has 0 saturated heterocycles. The highest BCUT2D eigenvalue weighted by Gasteiger charge is 2.18. The molecule has 0 fully saturated rings. The van der Waals surface area contributed by atoms with Crippen LogP contribution < -0.4 is 15.4 Å². The van der Waals surface area contributed by atoms with E-state index in [9.17, 15) is 9.59 Å². The Morgan fingerprint density at radius 1 is 1.48 bits per heavy atom. The summed E-state index contributed by atoms with van der Waals surface area (Å²) in [6, 6.07) is 5.56. The molecule has 6 nitrogen and oxygen atoms in total. The van der Waals surface area contributed by atoms with E-state index in [1.165, 1.54) is 11.3 Å². The van der Waals surface area contributed by atoms with Gasteiger partial charge in [-0.1, -0.05) is 6.92 Å². The number of aromatic nitrogens is 1. The lowest BCUT2D eigenvalue weighted by Gasteiger charge is -2.18. The SMILES string of the molecule is CCCC(=O)Nc1nc(-c2ccc3c(c2)NC(=O)CO3)c(C)s1. The molecule has 2 heterocycles. The maximum atomic E-state index is 11.7. The molecule has 1 aliphatic heterocycles. The molecule has 2 amide bonds. The van der Waals surface area contributed by atoms with Crippen LogP contribution in [0.2, 0.25) is 0 Å². The summed E-state index contributed by atoms with van der Waals surface area (Å²) in [5.74, 6) is 0.453. The number of aryl methyl sites for hydroxylation is 1. The van der Waals surface area contributed by atoms with Crippen molar-refractivity contribution in [3.63, 3.8) is 0 Å². The van der Waals surface area contributed by atoms with E-state index in [1.807, 2.05) is 32.0 Å². The predicted molar refractivity (Wildman–Crippen MR) is 89.9 cm³/mol. The predicted octanol–water partition coefficient (Wildman–Crippen LogP) is 3.19. The van der Waals surface area contributed by atoms with Crippen molar-refractivity contribution in [2.24, 2.45) is 0 Å². The second kappa shape index (κ2) is 6.37. The van der Waals surface area contributed by atoms with E-state index >= 15 is 0 Å². The van der Waals surface area contributed by atoms with Crippen LogP contribution in [0.5, 0.6) is 5.75 Å². The maximum absolute atomic E-state index is 11.7. The molecule has 1 aromatic heterocycles. The third-order valence-electron chi connectivity index (χ3n) is 3.41. The Hall–Kier alpha value is -2.41. The highest BCUT2D eigenvalue weighted by molar-refractivity contribution is 7.16. The van der Waals surface area contributed by atoms with Gasteiger partial charge in [0.25, 0.3) is 5.91 Å². The minimum atomic E-state index is -0.169. The monoisotopic (exact) mass is 331 g/mol. The van der Waals surface area contributed by atoms with Crippen LogP contribution in [0.25, 0.3) is 11.3 Å². The molecular formula is C16H17N3O3S. The second-order valence-electron chi connectivity index (χ2n) is 5.27. The number of amides is 2. The molecule has 23 heavy (non-hydrogen) atoms. The highest BCUT2D eigenvalue weighted by Crippen LogP contribution is 2.36. The lowest BCUT2D eigenvalue weighted by Crippen LogP contribution is -2.25. The van der Waals surface area contributed by atoms with E-state index in [1.54, 1.807) is 0 Å². The third-order valence-corrected chi connectivity index (χ3v) is 4.29. The van der Waals surface area contributed by atoms with Gasteiger partial charge >= 0.3 is 0 Å². The Labute approximate surface area is 137 Å². The molecule has 0 spiro atoms. The number of ether oxygens (including phenoxy) is 1. The number of thiazole rings is 1.